The number of carboxylic acids is 1. The summed E-state index contributed by atoms with van der Waals surface area (Å²) < 4.78 is 11.5. The van der Waals surface area contributed by atoms with Gasteiger partial charge in [-0.3, -0.25) is 9.69 Å². The number of hydrogen-bond acceptors (Lipinski definition) is 6. The molecule has 0 aliphatic carbocycles. The summed E-state index contributed by atoms with van der Waals surface area (Å²) in [5, 5.41) is 9.93. The molecule has 9 heteroatoms. The number of hydrogen-bond donors (Lipinski definition) is 1. The van der Waals surface area contributed by atoms with Crippen LogP contribution < -0.4 is 14.4 Å². The topological polar surface area (TPSA) is 88.4 Å². The Morgan fingerprint density at radius 3 is 2.33 bits per heavy atom. The van der Waals surface area contributed by atoms with E-state index in [-0.39, 0.29) is 18.1 Å². The second-order valence-electron chi connectivity index (χ2n) is 8.64. The van der Waals surface area contributed by atoms with Gasteiger partial charge in [0.25, 0.3) is 5.91 Å². The van der Waals surface area contributed by atoms with Crippen molar-refractivity contribution in [1.29, 1.82) is 0 Å². The van der Waals surface area contributed by atoms with Gasteiger partial charge in [0.2, 0.25) is 0 Å². The first-order valence-electron chi connectivity index (χ1n) is 12.2. The molecule has 1 N–H and O–H groups in total. The maximum atomic E-state index is 13.6. The molecule has 4 aromatic carbocycles. The predicted octanol–water partition coefficient (Wildman–Crippen LogP) is 7.43. The minimum atomic E-state index is -0.994. The first-order chi connectivity index (χ1) is 19.4. The lowest BCUT2D eigenvalue weighted by molar-refractivity contribution is -0.113. The van der Waals surface area contributed by atoms with E-state index in [0.29, 0.717) is 37.8 Å². The SMILES string of the molecule is COc1cc(/C=C2/SC(=Nc3ccccc3)N(c3ccccc3)C2=O)cc(Cl)c1OCc1ccc(C(=O)O)cc1. The lowest BCUT2D eigenvalue weighted by Crippen LogP contribution is -2.28. The standard InChI is InChI=1S/C31H23ClN2O5S/c1-38-26-17-21(16-25(32)28(26)39-19-20-12-14-22(15-13-20)30(36)37)18-27-29(35)34(24-10-6-3-7-11-24)31(40-27)33-23-8-4-2-5-9-23/h2-18H,19H2,1H3,(H,36,37)/b27-18+,33-31?. The number of amides is 1. The fourth-order valence-electron chi connectivity index (χ4n) is 3.98. The van der Waals surface area contributed by atoms with Crippen molar-refractivity contribution in [2.45, 2.75) is 6.61 Å². The van der Waals surface area contributed by atoms with Gasteiger partial charge in [-0.1, -0.05) is 60.1 Å². The quantitative estimate of drug-likeness (QED) is 0.222. The number of anilines is 1. The highest BCUT2D eigenvalue weighted by Gasteiger charge is 2.34. The summed E-state index contributed by atoms with van der Waals surface area (Å²) in [6.07, 6.45) is 1.75. The van der Waals surface area contributed by atoms with Crippen LogP contribution in [0, 0.1) is 0 Å². The minimum Gasteiger partial charge on any atom is -0.493 e. The number of ether oxygens (including phenoxy) is 2. The number of thioether (sulfide) groups is 1. The number of rotatable bonds is 8. The lowest BCUT2D eigenvalue weighted by Gasteiger charge is -2.15. The number of carbonyl (C=O) groups is 2. The number of aliphatic imine (C=N–C) groups is 1. The van der Waals surface area contributed by atoms with Gasteiger partial charge in [0.15, 0.2) is 16.7 Å². The van der Waals surface area contributed by atoms with Gasteiger partial charge >= 0.3 is 5.97 Å². The third-order valence-corrected chi connectivity index (χ3v) is 7.18. The molecule has 5 rings (SSSR count). The molecule has 1 fully saturated rings. The number of methoxy groups -OCH3 is 1. The molecular formula is C31H23ClN2O5S. The maximum absolute atomic E-state index is 13.6. The molecular weight excluding hydrogens is 548 g/mol. The highest BCUT2D eigenvalue weighted by atomic mass is 35.5. The highest BCUT2D eigenvalue weighted by Crippen LogP contribution is 2.41. The summed E-state index contributed by atoms with van der Waals surface area (Å²) >= 11 is 7.87. The average molecular weight is 571 g/mol. The van der Waals surface area contributed by atoms with Crippen LogP contribution in [0.3, 0.4) is 0 Å². The van der Waals surface area contributed by atoms with E-state index in [1.807, 2.05) is 60.7 Å². The zero-order chi connectivity index (χ0) is 28.1. The molecule has 4 aromatic rings. The van der Waals surface area contributed by atoms with Crippen LogP contribution in [0.2, 0.25) is 5.02 Å². The van der Waals surface area contributed by atoms with E-state index < -0.39 is 5.97 Å². The zero-order valence-electron chi connectivity index (χ0n) is 21.3. The van der Waals surface area contributed by atoms with Crippen molar-refractivity contribution in [3.63, 3.8) is 0 Å². The van der Waals surface area contributed by atoms with E-state index in [4.69, 9.17) is 31.2 Å². The number of aromatic carboxylic acids is 1. The molecule has 0 atom stereocenters. The molecule has 0 bridgehead atoms. The number of amidine groups is 1. The molecule has 40 heavy (non-hydrogen) atoms. The first-order valence-corrected chi connectivity index (χ1v) is 13.4. The van der Waals surface area contributed by atoms with E-state index in [1.165, 1.54) is 31.0 Å². The molecule has 7 nitrogen and oxygen atoms in total. The van der Waals surface area contributed by atoms with E-state index in [1.54, 1.807) is 35.2 Å². The van der Waals surface area contributed by atoms with Crippen LogP contribution in [0.5, 0.6) is 11.5 Å². The van der Waals surface area contributed by atoms with Gasteiger partial charge < -0.3 is 14.6 Å². The van der Waals surface area contributed by atoms with Gasteiger partial charge in [-0.05, 0) is 77.5 Å². The summed E-state index contributed by atoms with van der Waals surface area (Å²) in [5.41, 5.74) is 3.08. The summed E-state index contributed by atoms with van der Waals surface area (Å²) in [6, 6.07) is 28.7. The van der Waals surface area contributed by atoms with E-state index in [0.717, 1.165) is 11.3 Å². The van der Waals surface area contributed by atoms with Gasteiger partial charge in [0.05, 0.1) is 34.0 Å². The third kappa shape index (κ3) is 6.03. The molecule has 1 aliphatic heterocycles. The van der Waals surface area contributed by atoms with Crippen LogP contribution in [0.4, 0.5) is 11.4 Å². The summed E-state index contributed by atoms with van der Waals surface area (Å²) in [5.74, 6) is -0.455. The molecule has 200 valence electrons. The Hall–Kier alpha value is -4.53. The Balaban J connectivity index is 1.43. The van der Waals surface area contributed by atoms with Crippen LogP contribution in [-0.2, 0) is 11.4 Å². The number of halogens is 1. The van der Waals surface area contributed by atoms with Crippen molar-refractivity contribution in [2.24, 2.45) is 4.99 Å². The Morgan fingerprint density at radius 2 is 1.68 bits per heavy atom. The van der Waals surface area contributed by atoms with Crippen LogP contribution >= 0.6 is 23.4 Å². The molecule has 0 saturated carbocycles. The predicted molar refractivity (Wildman–Crippen MR) is 159 cm³/mol. The van der Waals surface area contributed by atoms with Crippen LogP contribution in [0.25, 0.3) is 6.08 Å². The van der Waals surface area contributed by atoms with Gasteiger partial charge in [0, 0.05) is 0 Å². The van der Waals surface area contributed by atoms with Crippen LogP contribution in [0.15, 0.2) is 107 Å². The maximum Gasteiger partial charge on any atom is 0.335 e. The van der Waals surface area contributed by atoms with E-state index in [2.05, 4.69) is 0 Å². The Morgan fingerprint density at radius 1 is 1.00 bits per heavy atom. The highest BCUT2D eigenvalue weighted by molar-refractivity contribution is 8.19. The Kier molecular flexibility index (Phi) is 8.19. The fraction of sp³-hybridized carbons (Fsp3) is 0.0645. The molecule has 0 unspecified atom stereocenters. The monoisotopic (exact) mass is 570 g/mol. The fourth-order valence-corrected chi connectivity index (χ4v) is 5.25. The molecule has 1 heterocycles. The molecule has 0 spiro atoms. The second-order valence-corrected chi connectivity index (χ2v) is 10.1. The Labute approximate surface area is 240 Å². The van der Waals surface area contributed by atoms with Gasteiger partial charge in [-0.25, -0.2) is 9.79 Å². The van der Waals surface area contributed by atoms with E-state index in [9.17, 15) is 9.59 Å². The first kappa shape index (κ1) is 27.1. The normalized spacial score (nSPS) is 15.1. The van der Waals surface area contributed by atoms with Crippen molar-refractivity contribution >= 4 is 57.9 Å². The van der Waals surface area contributed by atoms with Crippen molar-refractivity contribution in [1.82, 2.24) is 0 Å². The smallest absolute Gasteiger partial charge is 0.335 e. The number of para-hydroxylation sites is 2. The van der Waals surface area contributed by atoms with E-state index >= 15 is 0 Å². The van der Waals surface area contributed by atoms with Crippen molar-refractivity contribution in [2.75, 3.05) is 12.0 Å². The van der Waals surface area contributed by atoms with Crippen LogP contribution in [0.1, 0.15) is 21.5 Å². The van der Waals surface area contributed by atoms with Crippen molar-refractivity contribution in [3.05, 3.63) is 124 Å². The lowest BCUT2D eigenvalue weighted by atomic mass is 10.1. The number of benzene rings is 4. The van der Waals surface area contributed by atoms with Crippen molar-refractivity contribution in [3.8, 4) is 11.5 Å². The molecule has 1 amide bonds. The third-order valence-electron chi connectivity index (χ3n) is 5.94. The largest absolute Gasteiger partial charge is 0.493 e. The van der Waals surface area contributed by atoms with Gasteiger partial charge in [-0.2, -0.15) is 0 Å². The molecule has 0 radical (unpaired) electrons. The second kappa shape index (κ2) is 12.1. The number of nitrogens with zero attached hydrogens (tertiary/aromatic N) is 2. The van der Waals surface area contributed by atoms with Crippen molar-refractivity contribution < 1.29 is 24.2 Å². The Bertz CT molecular complexity index is 1610. The average Bonchev–Trinajstić information content (AvgIpc) is 3.27. The molecule has 1 aliphatic rings. The summed E-state index contributed by atoms with van der Waals surface area (Å²) in [6.45, 7) is 0.163. The minimum absolute atomic E-state index is 0.163. The molecule has 0 aromatic heterocycles. The van der Waals surface area contributed by atoms with Gasteiger partial charge in [-0.15, -0.1) is 0 Å². The van der Waals surface area contributed by atoms with Gasteiger partial charge in [0.1, 0.15) is 6.61 Å². The molecule has 1 saturated heterocycles. The van der Waals surface area contributed by atoms with Crippen LogP contribution in [-0.4, -0.2) is 29.3 Å². The zero-order valence-corrected chi connectivity index (χ0v) is 22.9. The number of carbonyl (C=O) groups excluding carboxylic acids is 1. The summed E-state index contributed by atoms with van der Waals surface area (Å²) in [4.78, 5) is 31.5. The summed E-state index contributed by atoms with van der Waals surface area (Å²) in [7, 11) is 1.51. The number of carboxylic acid groups (broad SMARTS) is 1.